The molecule has 3 aliphatic rings. The molecule has 1 unspecified atom stereocenters. The fourth-order valence-corrected chi connectivity index (χ4v) is 5.26. The number of ether oxygens (including phenoxy) is 1. The van der Waals surface area contributed by atoms with Crippen LogP contribution in [-0.4, -0.2) is 33.6 Å². The van der Waals surface area contributed by atoms with Gasteiger partial charge in [0.15, 0.2) is 0 Å². The number of amides is 2. The molecule has 2 amide bonds. The molecule has 0 fully saturated rings. The largest absolute Gasteiger partial charge is 0.474 e. The summed E-state index contributed by atoms with van der Waals surface area (Å²) in [6.07, 6.45) is 7.38. The predicted molar refractivity (Wildman–Crippen MR) is 105 cm³/mol. The third-order valence-corrected chi connectivity index (χ3v) is 6.76. The normalized spacial score (nSPS) is 21.0. The van der Waals surface area contributed by atoms with E-state index in [9.17, 15) is 9.90 Å². The van der Waals surface area contributed by atoms with Gasteiger partial charge in [0.2, 0.25) is 5.88 Å². The number of hydrogen-bond donors (Lipinski definition) is 3. The van der Waals surface area contributed by atoms with Crippen molar-refractivity contribution in [1.82, 2.24) is 9.78 Å². The van der Waals surface area contributed by atoms with Gasteiger partial charge >= 0.3 is 6.03 Å². The molecule has 4 N–H and O–H groups in total. The van der Waals surface area contributed by atoms with Crippen LogP contribution in [0.3, 0.4) is 0 Å². The summed E-state index contributed by atoms with van der Waals surface area (Å²) in [7, 11) is -1.18. The van der Waals surface area contributed by atoms with Crippen LogP contribution in [0.15, 0.2) is 21.5 Å². The van der Waals surface area contributed by atoms with E-state index in [-0.39, 0.29) is 6.61 Å². The van der Waals surface area contributed by atoms with E-state index in [2.05, 4.69) is 20.8 Å². The maximum atomic E-state index is 12.7. The molecule has 2 aliphatic carbocycles. The number of aromatic nitrogens is 2. The molecule has 1 aromatic heterocycles. The van der Waals surface area contributed by atoms with Crippen LogP contribution < -0.4 is 15.2 Å². The molecule has 8 nitrogen and oxygen atoms in total. The van der Waals surface area contributed by atoms with Crippen LogP contribution >= 0.6 is 0 Å². The van der Waals surface area contributed by atoms with E-state index in [1.54, 1.807) is 10.9 Å². The molecule has 0 spiro atoms. The lowest BCUT2D eigenvalue weighted by Crippen LogP contribution is -2.30. The minimum atomic E-state index is -1.18. The van der Waals surface area contributed by atoms with Crippen LogP contribution in [0.2, 0.25) is 0 Å². The maximum absolute atomic E-state index is 12.7. The molecule has 0 radical (unpaired) electrons. The number of carbonyl (C=O) groups is 1. The first-order valence-corrected chi connectivity index (χ1v) is 10.9. The number of nitrogens with one attached hydrogen (secondary N) is 1. The molecule has 2 atom stereocenters. The monoisotopic (exact) mass is 401 g/mol. The predicted octanol–water partition coefficient (Wildman–Crippen LogP) is 1.88. The van der Waals surface area contributed by atoms with Crippen molar-refractivity contribution in [3.05, 3.63) is 34.5 Å². The summed E-state index contributed by atoms with van der Waals surface area (Å²) >= 11 is 0. The summed E-state index contributed by atoms with van der Waals surface area (Å²) in [5.74, 6) is 0.481. The zero-order chi connectivity index (χ0) is 19.3. The highest BCUT2D eigenvalue weighted by Crippen LogP contribution is 2.38. The van der Waals surface area contributed by atoms with Gasteiger partial charge in [-0.15, -0.1) is 0 Å². The number of aliphatic hydroxyl groups is 1. The van der Waals surface area contributed by atoms with Crippen molar-refractivity contribution in [2.45, 2.75) is 56.1 Å². The number of aryl methyl sites for hydroxylation is 2. The molecule has 1 aliphatic heterocycles. The van der Waals surface area contributed by atoms with Crippen LogP contribution in [0.5, 0.6) is 5.88 Å². The van der Waals surface area contributed by atoms with Gasteiger partial charge in [0, 0.05) is 16.6 Å². The molecular formula is C19H23N5O3S. The molecule has 0 saturated heterocycles. The van der Waals surface area contributed by atoms with Crippen molar-refractivity contribution in [1.29, 1.82) is 0 Å². The molecular weight excluding hydrogens is 378 g/mol. The summed E-state index contributed by atoms with van der Waals surface area (Å²) in [6, 6.07) is 1.89. The van der Waals surface area contributed by atoms with Crippen LogP contribution in [0.25, 0.3) is 0 Å². The molecule has 2 heterocycles. The number of anilines is 1. The lowest BCUT2D eigenvalue weighted by atomic mass is 9.99. The first-order chi connectivity index (χ1) is 13.6. The number of nitrogens with two attached hydrogens (primary N) is 1. The SMILES string of the molecule is NS(=NC(=O)Nc1c2c(cc3c1CCC3)CCC2)c1cnn2c1OC[C@H](O)C2. The Morgan fingerprint density at radius 2 is 2.00 bits per heavy atom. The van der Waals surface area contributed by atoms with E-state index in [4.69, 9.17) is 9.88 Å². The number of hydrogen-bond acceptors (Lipinski definition) is 4. The van der Waals surface area contributed by atoms with Crippen molar-refractivity contribution < 1.29 is 14.6 Å². The van der Waals surface area contributed by atoms with E-state index in [1.807, 2.05) is 0 Å². The van der Waals surface area contributed by atoms with E-state index in [0.29, 0.717) is 17.3 Å². The number of nitrogens with zero attached hydrogens (tertiary/aromatic N) is 3. The van der Waals surface area contributed by atoms with Crippen molar-refractivity contribution in [2.24, 2.45) is 9.50 Å². The number of aliphatic hydroxyl groups excluding tert-OH is 1. The second-order valence-corrected chi connectivity index (χ2v) is 8.78. The fourth-order valence-electron chi connectivity index (χ4n) is 4.44. The third kappa shape index (κ3) is 3.03. The Hall–Kier alpha value is -2.23. The molecule has 1 aromatic carbocycles. The molecule has 0 bridgehead atoms. The highest BCUT2D eigenvalue weighted by molar-refractivity contribution is 7.85. The van der Waals surface area contributed by atoms with Crippen molar-refractivity contribution in [2.75, 3.05) is 11.9 Å². The quantitative estimate of drug-likeness (QED) is 0.711. The van der Waals surface area contributed by atoms with Gasteiger partial charge in [-0.1, -0.05) is 6.07 Å². The summed E-state index contributed by atoms with van der Waals surface area (Å²) in [5.41, 5.74) is 6.22. The Bertz CT molecular complexity index is 968. The van der Waals surface area contributed by atoms with Gasteiger partial charge in [-0.2, -0.15) is 9.46 Å². The highest BCUT2D eigenvalue weighted by Gasteiger charge is 2.26. The van der Waals surface area contributed by atoms with E-state index in [1.165, 1.54) is 22.3 Å². The standard InChI is InChI=1S/C19H23N5O3S/c20-28(16-8-21-24-9-13(25)10-27-18(16)24)23-19(26)22-17-14-5-1-3-11(14)7-12-4-2-6-15(12)17/h7-8,13,25H,1-6,9-10H2,(H3,20,22,23,26)/t13-,28?/m1/s1. The second kappa shape index (κ2) is 6.98. The topological polar surface area (TPSA) is 115 Å². The first-order valence-electron chi connectivity index (χ1n) is 9.65. The Morgan fingerprint density at radius 1 is 1.29 bits per heavy atom. The Labute approximate surface area is 165 Å². The summed E-state index contributed by atoms with van der Waals surface area (Å²) in [6.45, 7) is 0.533. The molecule has 0 saturated carbocycles. The van der Waals surface area contributed by atoms with Crippen molar-refractivity contribution in [3.8, 4) is 5.88 Å². The number of rotatable bonds is 2. The Morgan fingerprint density at radius 3 is 2.71 bits per heavy atom. The average Bonchev–Trinajstić information content (AvgIpc) is 3.39. The van der Waals surface area contributed by atoms with Gasteiger partial charge in [0.25, 0.3) is 0 Å². The van der Waals surface area contributed by atoms with Gasteiger partial charge in [-0.05, 0) is 60.8 Å². The minimum absolute atomic E-state index is 0.185. The summed E-state index contributed by atoms with van der Waals surface area (Å²) < 4.78 is 11.2. The zero-order valence-corrected chi connectivity index (χ0v) is 16.3. The maximum Gasteiger partial charge on any atom is 0.352 e. The van der Waals surface area contributed by atoms with Gasteiger partial charge in [0.05, 0.1) is 12.7 Å². The summed E-state index contributed by atoms with van der Waals surface area (Å²) in [5, 5.41) is 23.1. The van der Waals surface area contributed by atoms with E-state index < -0.39 is 23.0 Å². The third-order valence-electron chi connectivity index (χ3n) is 5.67. The molecule has 28 heavy (non-hydrogen) atoms. The van der Waals surface area contributed by atoms with Gasteiger partial charge in [-0.3, -0.25) is 5.14 Å². The zero-order valence-electron chi connectivity index (χ0n) is 15.5. The van der Waals surface area contributed by atoms with Crippen LogP contribution in [0.1, 0.15) is 35.1 Å². The summed E-state index contributed by atoms with van der Waals surface area (Å²) in [4.78, 5) is 13.3. The van der Waals surface area contributed by atoms with Crippen LogP contribution in [0, 0.1) is 0 Å². The highest BCUT2D eigenvalue weighted by atomic mass is 32.2. The Balaban J connectivity index is 1.42. The van der Waals surface area contributed by atoms with Gasteiger partial charge in [-0.25, -0.2) is 9.48 Å². The van der Waals surface area contributed by atoms with Crippen molar-refractivity contribution >= 4 is 22.6 Å². The lowest BCUT2D eigenvalue weighted by Gasteiger charge is -2.20. The Kier molecular flexibility index (Phi) is 4.45. The van der Waals surface area contributed by atoms with Crippen LogP contribution in [0.4, 0.5) is 10.5 Å². The van der Waals surface area contributed by atoms with Crippen molar-refractivity contribution in [3.63, 3.8) is 0 Å². The second-order valence-electron chi connectivity index (χ2n) is 7.53. The average molecular weight is 401 g/mol. The molecule has 148 valence electrons. The number of fused-ring (bicyclic) bond motifs is 3. The van der Waals surface area contributed by atoms with Crippen LogP contribution in [-0.2, 0) is 43.1 Å². The minimum Gasteiger partial charge on any atom is -0.474 e. The number of benzene rings is 1. The fraction of sp³-hybridized carbons (Fsp3) is 0.474. The molecule has 9 heteroatoms. The number of urea groups is 1. The van der Waals surface area contributed by atoms with Gasteiger partial charge < -0.3 is 15.2 Å². The smallest absolute Gasteiger partial charge is 0.352 e. The van der Waals surface area contributed by atoms with Gasteiger partial charge in [0.1, 0.15) is 17.6 Å². The molecule has 5 rings (SSSR count). The first kappa shape index (κ1) is 17.8. The lowest BCUT2D eigenvalue weighted by molar-refractivity contribution is 0.0539. The number of carbonyl (C=O) groups excluding carboxylic acids is 1. The molecule has 2 aromatic rings. The van der Waals surface area contributed by atoms with E-state index >= 15 is 0 Å². The van der Waals surface area contributed by atoms with E-state index in [0.717, 1.165) is 44.2 Å².